The number of hydrogen-bond donors (Lipinski definition) is 1. The van der Waals surface area contributed by atoms with E-state index in [1.807, 2.05) is 27.7 Å². The Kier molecular flexibility index (Phi) is 6.14. The van der Waals surface area contributed by atoms with Gasteiger partial charge >= 0.3 is 0 Å². The van der Waals surface area contributed by atoms with Crippen molar-refractivity contribution >= 4 is 17.2 Å². The fourth-order valence-electron chi connectivity index (χ4n) is 0.660. The van der Waals surface area contributed by atoms with Gasteiger partial charge in [0.05, 0.1) is 0 Å². The molecule has 0 fully saturated rings. The summed E-state index contributed by atoms with van der Waals surface area (Å²) >= 11 is 1.35. The largest absolute Gasteiger partial charge is 0.348 e. The lowest BCUT2D eigenvalue weighted by Gasteiger charge is -2.04. The van der Waals surface area contributed by atoms with Gasteiger partial charge in [-0.1, -0.05) is 13.8 Å². The highest BCUT2D eigenvalue weighted by Crippen LogP contribution is 2.03. The van der Waals surface area contributed by atoms with Gasteiger partial charge < -0.3 is 5.32 Å². The zero-order chi connectivity index (χ0) is 10.3. The van der Waals surface area contributed by atoms with Crippen LogP contribution in [0.25, 0.3) is 0 Å². The summed E-state index contributed by atoms with van der Waals surface area (Å²) in [5.41, 5.74) is 0. The highest BCUT2D eigenvalue weighted by atomic mass is 32.1. The smallest absolute Gasteiger partial charge is 0.280 e. The van der Waals surface area contributed by atoms with Gasteiger partial charge in [0.15, 0.2) is 5.01 Å². The number of amides is 1. The van der Waals surface area contributed by atoms with E-state index >= 15 is 0 Å². The number of aromatic nitrogens is 1. The molecule has 0 bridgehead atoms. The first-order valence-corrected chi connectivity index (χ1v) is 5.28. The molecule has 74 valence electrons. The van der Waals surface area contributed by atoms with Gasteiger partial charge in [0, 0.05) is 17.6 Å². The maximum Gasteiger partial charge on any atom is 0.280 e. The van der Waals surface area contributed by atoms with Gasteiger partial charge in [0.2, 0.25) is 0 Å². The monoisotopic (exact) mass is 200 g/mol. The molecule has 0 spiro atoms. The normalized spacial score (nSPS) is 9.00. The molecule has 1 N–H and O–H groups in total. The van der Waals surface area contributed by atoms with Crippen molar-refractivity contribution in [2.45, 2.75) is 33.7 Å². The summed E-state index contributed by atoms with van der Waals surface area (Å²) in [6.45, 7) is 7.84. The van der Waals surface area contributed by atoms with Crippen molar-refractivity contribution in [3.05, 3.63) is 16.6 Å². The molecule has 0 saturated carbocycles. The number of nitrogens with one attached hydrogen (secondary N) is 1. The first-order chi connectivity index (χ1) is 6.20. The molecule has 0 aromatic carbocycles. The van der Waals surface area contributed by atoms with Gasteiger partial charge in [-0.15, -0.1) is 11.3 Å². The molecule has 1 aromatic rings. The molecule has 0 unspecified atom stereocenters. The third-order valence-corrected chi connectivity index (χ3v) is 1.82. The topological polar surface area (TPSA) is 42.0 Å². The molecule has 1 amide bonds. The molecule has 0 saturated heterocycles. The predicted octanol–water partition coefficient (Wildman–Crippen LogP) is 2.31. The van der Waals surface area contributed by atoms with Gasteiger partial charge in [0.25, 0.3) is 5.91 Å². The second-order valence-electron chi connectivity index (χ2n) is 2.47. The fraction of sp³-hybridized carbons (Fsp3) is 0.556. The van der Waals surface area contributed by atoms with Crippen molar-refractivity contribution in [3.63, 3.8) is 0 Å². The molecule has 0 aliphatic heterocycles. The van der Waals surface area contributed by atoms with Crippen LogP contribution in [0.1, 0.15) is 37.5 Å². The van der Waals surface area contributed by atoms with Crippen molar-refractivity contribution in [2.24, 2.45) is 0 Å². The molecule has 0 radical (unpaired) electrons. The van der Waals surface area contributed by atoms with Crippen molar-refractivity contribution in [1.29, 1.82) is 0 Å². The summed E-state index contributed by atoms with van der Waals surface area (Å²) in [5.74, 6) is -0.0880. The van der Waals surface area contributed by atoms with Crippen LogP contribution >= 0.6 is 11.3 Å². The first kappa shape index (κ1) is 12.1. The highest BCUT2D eigenvalue weighted by Gasteiger charge is 2.07. The second kappa shape index (κ2) is 6.60. The average molecular weight is 200 g/mol. The molecule has 1 aromatic heterocycles. The Bertz CT molecular complexity index is 232. The maximum absolute atomic E-state index is 11.2. The minimum absolute atomic E-state index is 0.0880. The van der Waals surface area contributed by atoms with Crippen LogP contribution in [0.4, 0.5) is 0 Å². The Labute approximate surface area is 83.2 Å². The second-order valence-corrected chi connectivity index (χ2v) is 3.36. The zero-order valence-corrected chi connectivity index (χ0v) is 9.31. The fourth-order valence-corrected chi connectivity index (χ4v) is 1.20. The predicted molar refractivity (Wildman–Crippen MR) is 56.1 cm³/mol. The van der Waals surface area contributed by atoms with Gasteiger partial charge in [-0.3, -0.25) is 4.79 Å². The van der Waals surface area contributed by atoms with Crippen LogP contribution in [-0.4, -0.2) is 16.9 Å². The SMILES string of the molecule is CC.CC(C)NC(=O)c1nccs1. The summed E-state index contributed by atoms with van der Waals surface area (Å²) in [5, 5.41) is 5.07. The van der Waals surface area contributed by atoms with Crippen molar-refractivity contribution in [2.75, 3.05) is 0 Å². The van der Waals surface area contributed by atoms with Crippen LogP contribution in [-0.2, 0) is 0 Å². The van der Waals surface area contributed by atoms with Crippen molar-refractivity contribution in [1.82, 2.24) is 10.3 Å². The van der Waals surface area contributed by atoms with Gasteiger partial charge in [-0.05, 0) is 13.8 Å². The Balaban J connectivity index is 0.000000671. The minimum atomic E-state index is -0.0880. The molecular formula is C9H16N2OS. The van der Waals surface area contributed by atoms with Crippen LogP contribution in [0.2, 0.25) is 0 Å². The Hall–Kier alpha value is -0.900. The number of rotatable bonds is 2. The third kappa shape index (κ3) is 4.62. The van der Waals surface area contributed by atoms with E-state index in [9.17, 15) is 4.79 Å². The highest BCUT2D eigenvalue weighted by molar-refractivity contribution is 7.11. The number of hydrogen-bond acceptors (Lipinski definition) is 3. The van der Waals surface area contributed by atoms with Crippen LogP contribution < -0.4 is 5.32 Å². The van der Waals surface area contributed by atoms with Gasteiger partial charge in [-0.2, -0.15) is 0 Å². The quantitative estimate of drug-likeness (QED) is 0.796. The first-order valence-electron chi connectivity index (χ1n) is 4.40. The summed E-state index contributed by atoms with van der Waals surface area (Å²) < 4.78 is 0. The van der Waals surface area contributed by atoms with Crippen LogP contribution in [0.3, 0.4) is 0 Å². The van der Waals surface area contributed by atoms with Crippen LogP contribution in [0.15, 0.2) is 11.6 Å². The Morgan fingerprint density at radius 3 is 2.54 bits per heavy atom. The summed E-state index contributed by atoms with van der Waals surface area (Å²) in [6, 6.07) is 0.173. The summed E-state index contributed by atoms with van der Waals surface area (Å²) in [4.78, 5) is 15.0. The van der Waals surface area contributed by atoms with E-state index in [1.165, 1.54) is 11.3 Å². The van der Waals surface area contributed by atoms with Gasteiger partial charge in [0.1, 0.15) is 0 Å². The third-order valence-electron chi connectivity index (χ3n) is 1.05. The molecule has 0 aliphatic carbocycles. The van der Waals surface area contributed by atoms with E-state index in [2.05, 4.69) is 10.3 Å². The average Bonchev–Trinajstić information content (AvgIpc) is 2.58. The molecule has 13 heavy (non-hydrogen) atoms. The molecular weight excluding hydrogens is 184 g/mol. The standard InChI is InChI=1S/C7H10N2OS.C2H6/c1-5(2)9-6(10)7-8-3-4-11-7;1-2/h3-5H,1-2H3,(H,9,10);1-2H3. The van der Waals surface area contributed by atoms with E-state index in [0.29, 0.717) is 5.01 Å². The molecule has 1 rings (SSSR count). The molecule has 3 nitrogen and oxygen atoms in total. The van der Waals surface area contributed by atoms with Crippen LogP contribution in [0.5, 0.6) is 0 Å². The summed E-state index contributed by atoms with van der Waals surface area (Å²) in [7, 11) is 0. The molecule has 4 heteroatoms. The van der Waals surface area contributed by atoms with E-state index in [1.54, 1.807) is 11.6 Å². The van der Waals surface area contributed by atoms with E-state index < -0.39 is 0 Å². The minimum Gasteiger partial charge on any atom is -0.348 e. The molecule has 0 atom stereocenters. The Morgan fingerprint density at radius 2 is 2.15 bits per heavy atom. The van der Waals surface area contributed by atoms with E-state index in [-0.39, 0.29) is 11.9 Å². The van der Waals surface area contributed by atoms with E-state index in [0.717, 1.165) is 0 Å². The number of thiazole rings is 1. The van der Waals surface area contributed by atoms with Crippen molar-refractivity contribution in [3.8, 4) is 0 Å². The van der Waals surface area contributed by atoms with E-state index in [4.69, 9.17) is 0 Å². The van der Waals surface area contributed by atoms with Gasteiger partial charge in [-0.25, -0.2) is 4.98 Å². The molecule has 0 aliphatic rings. The zero-order valence-electron chi connectivity index (χ0n) is 8.50. The lowest BCUT2D eigenvalue weighted by atomic mass is 10.4. The van der Waals surface area contributed by atoms with Crippen LogP contribution in [0, 0.1) is 0 Å². The lowest BCUT2D eigenvalue weighted by Crippen LogP contribution is -2.29. The number of carbonyl (C=O) groups is 1. The number of carbonyl (C=O) groups excluding carboxylic acids is 1. The number of nitrogens with zero attached hydrogens (tertiary/aromatic N) is 1. The summed E-state index contributed by atoms with van der Waals surface area (Å²) in [6.07, 6.45) is 1.62. The maximum atomic E-state index is 11.2. The molecule has 1 heterocycles. The lowest BCUT2D eigenvalue weighted by molar-refractivity contribution is 0.0943. The van der Waals surface area contributed by atoms with Crippen molar-refractivity contribution < 1.29 is 4.79 Å². The Morgan fingerprint density at radius 1 is 1.54 bits per heavy atom.